The van der Waals surface area contributed by atoms with E-state index in [1.807, 2.05) is 0 Å². The number of hydrogen-bond donors (Lipinski definition) is 1. The third-order valence-electron chi connectivity index (χ3n) is 2.33. The SMILES string of the molecule is N#Cc1ccc(OCc2ccc(O)cc2)cc1. The zero-order valence-corrected chi connectivity index (χ0v) is 9.13. The number of rotatable bonds is 3. The van der Waals surface area contributed by atoms with Crippen LogP contribution in [0.2, 0.25) is 0 Å². The quantitative estimate of drug-likeness (QED) is 0.873. The first-order valence-corrected chi connectivity index (χ1v) is 5.19. The lowest BCUT2D eigenvalue weighted by Crippen LogP contribution is -1.94. The van der Waals surface area contributed by atoms with E-state index in [4.69, 9.17) is 15.1 Å². The number of hydrogen-bond acceptors (Lipinski definition) is 3. The van der Waals surface area contributed by atoms with Gasteiger partial charge >= 0.3 is 0 Å². The molecule has 0 saturated heterocycles. The number of ether oxygens (including phenoxy) is 1. The largest absolute Gasteiger partial charge is 0.508 e. The average Bonchev–Trinajstić information content (AvgIpc) is 2.39. The van der Waals surface area contributed by atoms with E-state index in [2.05, 4.69) is 6.07 Å². The molecule has 0 fully saturated rings. The van der Waals surface area contributed by atoms with Gasteiger partial charge in [-0.15, -0.1) is 0 Å². The van der Waals surface area contributed by atoms with Gasteiger partial charge in [0.15, 0.2) is 0 Å². The molecule has 1 N–H and O–H groups in total. The highest BCUT2D eigenvalue weighted by Crippen LogP contribution is 2.15. The van der Waals surface area contributed by atoms with Gasteiger partial charge in [-0.25, -0.2) is 0 Å². The molecule has 2 aromatic rings. The Labute approximate surface area is 99.5 Å². The lowest BCUT2D eigenvalue weighted by molar-refractivity contribution is 0.306. The highest BCUT2D eigenvalue weighted by molar-refractivity contribution is 5.34. The summed E-state index contributed by atoms with van der Waals surface area (Å²) in [7, 11) is 0. The lowest BCUT2D eigenvalue weighted by atomic mass is 10.2. The third-order valence-corrected chi connectivity index (χ3v) is 2.33. The number of benzene rings is 2. The van der Waals surface area contributed by atoms with Gasteiger partial charge in [0.2, 0.25) is 0 Å². The molecule has 0 bridgehead atoms. The molecule has 2 aromatic carbocycles. The lowest BCUT2D eigenvalue weighted by Gasteiger charge is -2.06. The molecular formula is C14H11NO2. The maximum absolute atomic E-state index is 9.13. The summed E-state index contributed by atoms with van der Waals surface area (Å²) in [5.41, 5.74) is 1.59. The Bertz CT molecular complexity index is 524. The van der Waals surface area contributed by atoms with Crippen LogP contribution in [-0.4, -0.2) is 5.11 Å². The van der Waals surface area contributed by atoms with Crippen LogP contribution in [0.25, 0.3) is 0 Å². The molecule has 0 heterocycles. The van der Waals surface area contributed by atoms with E-state index < -0.39 is 0 Å². The highest BCUT2D eigenvalue weighted by Gasteiger charge is 1.97. The van der Waals surface area contributed by atoms with Gasteiger partial charge in [0, 0.05) is 0 Å². The van der Waals surface area contributed by atoms with E-state index in [9.17, 15) is 0 Å². The summed E-state index contributed by atoms with van der Waals surface area (Å²) in [5, 5.41) is 17.8. The fraction of sp³-hybridized carbons (Fsp3) is 0.0714. The van der Waals surface area contributed by atoms with Gasteiger partial charge in [0.1, 0.15) is 18.1 Å². The van der Waals surface area contributed by atoms with Gasteiger partial charge in [-0.3, -0.25) is 0 Å². The second-order valence-electron chi connectivity index (χ2n) is 3.59. The van der Waals surface area contributed by atoms with Gasteiger partial charge in [0.25, 0.3) is 0 Å². The maximum Gasteiger partial charge on any atom is 0.119 e. The van der Waals surface area contributed by atoms with Crippen LogP contribution in [0.1, 0.15) is 11.1 Å². The average molecular weight is 225 g/mol. The van der Waals surface area contributed by atoms with Crippen LogP contribution < -0.4 is 4.74 Å². The van der Waals surface area contributed by atoms with Gasteiger partial charge in [-0.2, -0.15) is 5.26 Å². The fourth-order valence-electron chi connectivity index (χ4n) is 1.38. The molecule has 17 heavy (non-hydrogen) atoms. The Morgan fingerprint density at radius 1 is 1.00 bits per heavy atom. The summed E-state index contributed by atoms with van der Waals surface area (Å²) < 4.78 is 5.54. The Morgan fingerprint density at radius 3 is 2.24 bits per heavy atom. The Kier molecular flexibility index (Phi) is 3.27. The molecule has 84 valence electrons. The van der Waals surface area contributed by atoms with Crippen LogP contribution in [0.15, 0.2) is 48.5 Å². The van der Waals surface area contributed by atoms with Crippen LogP contribution in [0.4, 0.5) is 0 Å². The molecule has 0 spiro atoms. The smallest absolute Gasteiger partial charge is 0.119 e. The number of phenolic OH excluding ortho intramolecular Hbond substituents is 1. The van der Waals surface area contributed by atoms with E-state index in [-0.39, 0.29) is 5.75 Å². The van der Waals surface area contributed by atoms with Crippen molar-refractivity contribution in [2.24, 2.45) is 0 Å². The Morgan fingerprint density at radius 2 is 1.65 bits per heavy atom. The molecule has 3 heteroatoms. The summed E-state index contributed by atoms with van der Waals surface area (Å²) >= 11 is 0. The van der Waals surface area contributed by atoms with Crippen molar-refractivity contribution in [1.82, 2.24) is 0 Å². The van der Waals surface area contributed by atoms with E-state index in [0.29, 0.717) is 12.2 Å². The molecule has 0 radical (unpaired) electrons. The van der Waals surface area contributed by atoms with Crippen LogP contribution >= 0.6 is 0 Å². The molecule has 3 nitrogen and oxygen atoms in total. The second-order valence-corrected chi connectivity index (χ2v) is 3.59. The summed E-state index contributed by atoms with van der Waals surface area (Å²) in [5.74, 6) is 0.962. The molecule has 0 aliphatic rings. The molecule has 0 saturated carbocycles. The molecule has 0 aliphatic carbocycles. The molecule has 0 aromatic heterocycles. The number of nitriles is 1. The van der Waals surface area contributed by atoms with Crippen LogP contribution in [0.5, 0.6) is 11.5 Å². The third kappa shape index (κ3) is 2.99. The molecule has 0 unspecified atom stereocenters. The van der Waals surface area contributed by atoms with Gasteiger partial charge < -0.3 is 9.84 Å². The molecule has 0 aliphatic heterocycles. The first-order valence-electron chi connectivity index (χ1n) is 5.19. The normalized spacial score (nSPS) is 9.59. The second kappa shape index (κ2) is 5.04. The van der Waals surface area contributed by atoms with E-state index in [1.165, 1.54) is 0 Å². The van der Waals surface area contributed by atoms with Crippen molar-refractivity contribution in [3.8, 4) is 17.6 Å². The fourth-order valence-corrected chi connectivity index (χ4v) is 1.38. The standard InChI is InChI=1S/C14H11NO2/c15-9-11-3-7-14(8-4-11)17-10-12-1-5-13(16)6-2-12/h1-8,16H,10H2. The van der Waals surface area contributed by atoms with Crippen LogP contribution in [-0.2, 0) is 6.61 Å². The minimum absolute atomic E-state index is 0.243. The topological polar surface area (TPSA) is 53.2 Å². The number of nitrogens with zero attached hydrogens (tertiary/aromatic N) is 1. The van der Waals surface area contributed by atoms with E-state index >= 15 is 0 Å². The summed E-state index contributed by atoms with van der Waals surface area (Å²) in [6.07, 6.45) is 0. The number of aromatic hydroxyl groups is 1. The minimum Gasteiger partial charge on any atom is -0.508 e. The van der Waals surface area contributed by atoms with Crippen molar-refractivity contribution in [2.45, 2.75) is 6.61 Å². The van der Waals surface area contributed by atoms with Gasteiger partial charge in [0.05, 0.1) is 11.6 Å². The van der Waals surface area contributed by atoms with Gasteiger partial charge in [-0.1, -0.05) is 12.1 Å². The highest BCUT2D eigenvalue weighted by atomic mass is 16.5. The van der Waals surface area contributed by atoms with E-state index in [0.717, 1.165) is 11.3 Å². The molecule has 2 rings (SSSR count). The van der Waals surface area contributed by atoms with Crippen molar-refractivity contribution >= 4 is 0 Å². The summed E-state index contributed by atoms with van der Waals surface area (Å²) in [6, 6.07) is 15.9. The van der Waals surface area contributed by atoms with Crippen molar-refractivity contribution in [3.05, 3.63) is 59.7 Å². The molecule has 0 amide bonds. The summed E-state index contributed by atoms with van der Waals surface area (Å²) in [6.45, 7) is 0.437. The van der Waals surface area contributed by atoms with Crippen molar-refractivity contribution < 1.29 is 9.84 Å². The predicted octanol–water partition coefficient (Wildman–Crippen LogP) is 2.84. The van der Waals surface area contributed by atoms with Crippen LogP contribution in [0, 0.1) is 11.3 Å². The van der Waals surface area contributed by atoms with Crippen molar-refractivity contribution in [3.63, 3.8) is 0 Å². The van der Waals surface area contributed by atoms with Gasteiger partial charge in [-0.05, 0) is 42.0 Å². The summed E-state index contributed by atoms with van der Waals surface area (Å²) in [4.78, 5) is 0. The first-order chi connectivity index (χ1) is 8.28. The Hall–Kier alpha value is -2.47. The van der Waals surface area contributed by atoms with Crippen molar-refractivity contribution in [2.75, 3.05) is 0 Å². The molecule has 0 atom stereocenters. The Balaban J connectivity index is 1.98. The molecular weight excluding hydrogens is 214 g/mol. The number of phenols is 1. The first kappa shape index (κ1) is 11.0. The van der Waals surface area contributed by atoms with E-state index in [1.54, 1.807) is 48.5 Å². The zero-order chi connectivity index (χ0) is 12.1. The maximum atomic E-state index is 9.13. The minimum atomic E-state index is 0.243. The predicted molar refractivity (Wildman–Crippen MR) is 63.6 cm³/mol. The van der Waals surface area contributed by atoms with Crippen molar-refractivity contribution in [1.29, 1.82) is 5.26 Å². The zero-order valence-electron chi connectivity index (χ0n) is 9.13. The monoisotopic (exact) mass is 225 g/mol. The van der Waals surface area contributed by atoms with Crippen LogP contribution in [0.3, 0.4) is 0 Å².